The van der Waals surface area contributed by atoms with Crippen LogP contribution in [0.25, 0.3) is 0 Å². The van der Waals surface area contributed by atoms with E-state index >= 15 is 0 Å². The van der Waals surface area contributed by atoms with Crippen molar-refractivity contribution in [1.82, 2.24) is 9.97 Å². The van der Waals surface area contributed by atoms with Gasteiger partial charge in [0, 0.05) is 25.5 Å². The lowest BCUT2D eigenvalue weighted by atomic mass is 9.81. The van der Waals surface area contributed by atoms with Crippen molar-refractivity contribution in [2.24, 2.45) is 11.8 Å². The van der Waals surface area contributed by atoms with Gasteiger partial charge in [-0.1, -0.05) is 6.07 Å². The second-order valence-corrected chi connectivity index (χ2v) is 7.09. The van der Waals surface area contributed by atoms with Crippen LogP contribution in [0, 0.1) is 11.8 Å². The monoisotopic (exact) mass is 384 g/mol. The minimum atomic E-state index is -0.988. The number of pyridine rings is 2. The second kappa shape index (κ2) is 9.16. The van der Waals surface area contributed by atoms with Gasteiger partial charge in [0.2, 0.25) is 0 Å². The number of hydrogen-bond acceptors (Lipinski definition) is 5. The zero-order chi connectivity index (χ0) is 19.9. The summed E-state index contributed by atoms with van der Waals surface area (Å²) in [6.45, 7) is 1.24. The predicted octanol–water partition coefficient (Wildman–Crippen LogP) is 3.58. The highest BCUT2D eigenvalue weighted by molar-refractivity contribution is 5.87. The van der Waals surface area contributed by atoms with Gasteiger partial charge in [-0.15, -0.1) is 0 Å². The molecule has 0 aliphatic heterocycles. The molecule has 3 N–H and O–H groups in total. The van der Waals surface area contributed by atoms with Gasteiger partial charge in [-0.25, -0.2) is 19.6 Å². The van der Waals surface area contributed by atoms with Gasteiger partial charge < -0.3 is 15.5 Å². The Morgan fingerprint density at radius 1 is 1.04 bits per heavy atom. The molecule has 28 heavy (non-hydrogen) atoms. The maximum atomic E-state index is 11.6. The summed E-state index contributed by atoms with van der Waals surface area (Å²) in [6, 6.07) is 8.48. The molecular formula is C20H24N4O4. The average molecular weight is 384 g/mol. The maximum Gasteiger partial charge on any atom is 0.413 e. The number of carbonyl (C=O) groups is 2. The van der Waals surface area contributed by atoms with E-state index in [1.165, 1.54) is 17.2 Å². The van der Waals surface area contributed by atoms with Crippen LogP contribution in [-0.2, 0) is 0 Å². The quantitative estimate of drug-likeness (QED) is 0.668. The number of rotatable bonds is 7. The lowest BCUT2D eigenvalue weighted by Crippen LogP contribution is -2.36. The van der Waals surface area contributed by atoms with Crippen molar-refractivity contribution in [3.63, 3.8) is 0 Å². The second-order valence-electron chi connectivity index (χ2n) is 7.09. The van der Waals surface area contributed by atoms with Crippen molar-refractivity contribution in [1.29, 1.82) is 0 Å². The molecule has 1 aliphatic carbocycles. The van der Waals surface area contributed by atoms with Gasteiger partial charge in [-0.3, -0.25) is 4.90 Å². The van der Waals surface area contributed by atoms with Crippen LogP contribution >= 0.6 is 0 Å². The number of nitrogens with zero attached hydrogens (tertiary/aromatic N) is 3. The minimum absolute atomic E-state index is 0.168. The lowest BCUT2D eigenvalue weighted by molar-refractivity contribution is 0.0696. The molecule has 0 unspecified atom stereocenters. The van der Waals surface area contributed by atoms with E-state index in [2.05, 4.69) is 15.3 Å². The Balaban J connectivity index is 1.46. The molecule has 0 saturated heterocycles. The smallest absolute Gasteiger partial charge is 0.413 e. The van der Waals surface area contributed by atoms with Crippen LogP contribution in [-0.4, -0.2) is 45.3 Å². The number of nitrogens with one attached hydrogen (secondary N) is 1. The van der Waals surface area contributed by atoms with Gasteiger partial charge in [-0.05, 0) is 61.8 Å². The van der Waals surface area contributed by atoms with Gasteiger partial charge >= 0.3 is 12.1 Å². The fourth-order valence-electron chi connectivity index (χ4n) is 3.53. The van der Waals surface area contributed by atoms with E-state index in [0.29, 0.717) is 30.0 Å². The number of hydrogen-bond donors (Lipinski definition) is 3. The number of anilines is 2. The summed E-state index contributed by atoms with van der Waals surface area (Å²) in [4.78, 5) is 32.1. The van der Waals surface area contributed by atoms with Crippen molar-refractivity contribution < 1.29 is 19.8 Å². The molecule has 1 amide bonds. The summed E-state index contributed by atoms with van der Waals surface area (Å²) in [6.07, 6.45) is 5.94. The number of carboxylic acid groups (broad SMARTS) is 2. The van der Waals surface area contributed by atoms with Crippen LogP contribution in [0.2, 0.25) is 0 Å². The van der Waals surface area contributed by atoms with Gasteiger partial charge in [0.05, 0.1) is 5.56 Å². The number of amides is 1. The van der Waals surface area contributed by atoms with Crippen LogP contribution in [0.3, 0.4) is 0 Å². The van der Waals surface area contributed by atoms with E-state index in [9.17, 15) is 14.7 Å². The van der Waals surface area contributed by atoms with E-state index in [-0.39, 0.29) is 5.56 Å². The van der Waals surface area contributed by atoms with E-state index < -0.39 is 12.1 Å². The molecule has 148 valence electrons. The van der Waals surface area contributed by atoms with Crippen LogP contribution in [0.5, 0.6) is 0 Å². The zero-order valence-corrected chi connectivity index (χ0v) is 15.5. The first-order chi connectivity index (χ1) is 13.5. The third-order valence-corrected chi connectivity index (χ3v) is 5.15. The maximum absolute atomic E-state index is 11.6. The van der Waals surface area contributed by atoms with Crippen molar-refractivity contribution >= 4 is 23.7 Å². The van der Waals surface area contributed by atoms with Crippen LogP contribution in [0.15, 0.2) is 42.7 Å². The number of aromatic carboxylic acids is 1. The fourth-order valence-corrected chi connectivity index (χ4v) is 3.53. The third kappa shape index (κ3) is 5.18. The first-order valence-corrected chi connectivity index (χ1v) is 9.37. The summed E-state index contributed by atoms with van der Waals surface area (Å²) in [5.74, 6) is 0.958. The minimum Gasteiger partial charge on any atom is -0.478 e. The summed E-state index contributed by atoms with van der Waals surface area (Å²) in [5, 5.41) is 21.7. The molecular weight excluding hydrogens is 360 g/mol. The normalized spacial score (nSPS) is 19.0. The largest absolute Gasteiger partial charge is 0.478 e. The molecule has 8 nitrogen and oxygen atoms in total. The standard InChI is InChI=1S/C20H24N4O4/c25-19(26)16-8-9-17(23-12-16)22-11-14-4-6-15(7-5-14)13-24(20(27)28)18-3-1-2-10-21-18/h1-3,8-10,12,14-15H,4-7,11,13H2,(H,22,23)(H,25,26)(H,27,28). The molecule has 2 aromatic rings. The molecule has 3 rings (SSSR count). The van der Waals surface area contributed by atoms with Crippen molar-refractivity contribution in [3.05, 3.63) is 48.3 Å². The molecule has 2 aromatic heterocycles. The molecule has 1 saturated carbocycles. The Morgan fingerprint density at radius 3 is 2.36 bits per heavy atom. The highest BCUT2D eigenvalue weighted by atomic mass is 16.4. The Hall–Kier alpha value is -3.16. The molecule has 0 radical (unpaired) electrons. The molecule has 2 heterocycles. The Bertz CT molecular complexity index is 790. The molecule has 8 heteroatoms. The topological polar surface area (TPSA) is 116 Å². The van der Waals surface area contributed by atoms with E-state index in [4.69, 9.17) is 5.11 Å². The van der Waals surface area contributed by atoms with Gasteiger partial charge in [0.1, 0.15) is 11.6 Å². The summed E-state index contributed by atoms with van der Waals surface area (Å²) >= 11 is 0. The summed E-state index contributed by atoms with van der Waals surface area (Å²) in [7, 11) is 0. The van der Waals surface area contributed by atoms with Crippen molar-refractivity contribution in [3.8, 4) is 0 Å². The first kappa shape index (κ1) is 19.6. The van der Waals surface area contributed by atoms with Gasteiger partial charge in [0.25, 0.3) is 0 Å². The van der Waals surface area contributed by atoms with E-state index in [1.807, 2.05) is 0 Å². The summed E-state index contributed by atoms with van der Waals surface area (Å²) < 4.78 is 0. The number of carboxylic acids is 1. The van der Waals surface area contributed by atoms with Crippen molar-refractivity contribution in [2.45, 2.75) is 25.7 Å². The molecule has 0 atom stereocenters. The molecule has 0 bridgehead atoms. The van der Waals surface area contributed by atoms with Crippen LogP contribution in [0.4, 0.5) is 16.4 Å². The SMILES string of the molecule is O=C(O)c1ccc(NCC2CCC(CN(C(=O)O)c3ccccn3)CC2)nc1. The molecule has 0 spiro atoms. The molecule has 1 aliphatic rings. The van der Waals surface area contributed by atoms with Gasteiger partial charge in [0.15, 0.2) is 0 Å². The van der Waals surface area contributed by atoms with Gasteiger partial charge in [-0.2, -0.15) is 0 Å². The van der Waals surface area contributed by atoms with E-state index in [0.717, 1.165) is 32.2 Å². The average Bonchev–Trinajstić information content (AvgIpc) is 2.72. The Labute approximate surface area is 163 Å². The molecule has 0 aromatic carbocycles. The Morgan fingerprint density at radius 2 is 1.79 bits per heavy atom. The zero-order valence-electron chi connectivity index (χ0n) is 15.5. The first-order valence-electron chi connectivity index (χ1n) is 9.37. The van der Waals surface area contributed by atoms with Crippen LogP contribution in [0.1, 0.15) is 36.0 Å². The molecule has 1 fully saturated rings. The van der Waals surface area contributed by atoms with Crippen molar-refractivity contribution in [2.75, 3.05) is 23.3 Å². The highest BCUT2D eigenvalue weighted by Crippen LogP contribution is 2.30. The fraction of sp³-hybridized carbons (Fsp3) is 0.400. The number of aromatic nitrogens is 2. The van der Waals surface area contributed by atoms with Crippen LogP contribution < -0.4 is 10.2 Å². The lowest BCUT2D eigenvalue weighted by Gasteiger charge is -2.31. The highest BCUT2D eigenvalue weighted by Gasteiger charge is 2.26. The predicted molar refractivity (Wildman–Crippen MR) is 105 cm³/mol. The Kier molecular flexibility index (Phi) is 6.41. The van der Waals surface area contributed by atoms with E-state index in [1.54, 1.807) is 30.5 Å². The summed E-state index contributed by atoms with van der Waals surface area (Å²) in [5.41, 5.74) is 0.168. The third-order valence-electron chi connectivity index (χ3n) is 5.15.